The summed E-state index contributed by atoms with van der Waals surface area (Å²) >= 11 is 0. The molecule has 4 rings (SSSR count). The fourth-order valence-electron chi connectivity index (χ4n) is 3.09. The molecule has 1 N–H and O–H groups in total. The first-order valence-electron chi connectivity index (χ1n) is 8.77. The van der Waals surface area contributed by atoms with Crippen molar-refractivity contribution < 1.29 is 4.74 Å². The first-order chi connectivity index (χ1) is 12.4. The highest BCUT2D eigenvalue weighted by molar-refractivity contribution is 5.34. The maximum Gasteiger partial charge on any atom is 0.119 e. The molecule has 3 heteroatoms. The van der Waals surface area contributed by atoms with Gasteiger partial charge in [0.1, 0.15) is 12.4 Å². The van der Waals surface area contributed by atoms with E-state index in [2.05, 4.69) is 52.8 Å². The summed E-state index contributed by atoms with van der Waals surface area (Å²) < 4.78 is 5.86. The molecular weight excluding hydrogens is 308 g/mol. The summed E-state index contributed by atoms with van der Waals surface area (Å²) in [5.74, 6) is 1.54. The van der Waals surface area contributed by atoms with Crippen molar-refractivity contribution in [1.82, 2.24) is 10.3 Å². The van der Waals surface area contributed by atoms with Crippen molar-refractivity contribution in [3.63, 3.8) is 0 Å². The van der Waals surface area contributed by atoms with E-state index in [1.807, 2.05) is 36.7 Å². The van der Waals surface area contributed by atoms with Gasteiger partial charge in [0.05, 0.1) is 0 Å². The van der Waals surface area contributed by atoms with Gasteiger partial charge < -0.3 is 10.1 Å². The molecule has 0 aliphatic heterocycles. The molecule has 1 fully saturated rings. The summed E-state index contributed by atoms with van der Waals surface area (Å²) in [6.07, 6.45) is 4.93. The summed E-state index contributed by atoms with van der Waals surface area (Å²) in [6.45, 7) is 1.49. The van der Waals surface area contributed by atoms with Gasteiger partial charge in [0.15, 0.2) is 0 Å². The van der Waals surface area contributed by atoms with Crippen LogP contribution in [0.1, 0.15) is 29.0 Å². The Balaban J connectivity index is 1.27. The molecule has 0 radical (unpaired) electrons. The summed E-state index contributed by atoms with van der Waals surface area (Å²) in [7, 11) is 0. The maximum absolute atomic E-state index is 5.86. The van der Waals surface area contributed by atoms with E-state index < -0.39 is 0 Å². The number of benzene rings is 2. The van der Waals surface area contributed by atoms with Crippen LogP contribution in [-0.4, -0.2) is 11.0 Å². The van der Waals surface area contributed by atoms with Gasteiger partial charge in [0.2, 0.25) is 0 Å². The van der Waals surface area contributed by atoms with Gasteiger partial charge in [-0.1, -0.05) is 48.5 Å². The molecule has 25 heavy (non-hydrogen) atoms. The molecule has 3 aromatic rings. The summed E-state index contributed by atoms with van der Waals surface area (Å²) in [5.41, 5.74) is 3.81. The number of hydrogen-bond donors (Lipinski definition) is 1. The maximum atomic E-state index is 5.86. The second kappa shape index (κ2) is 7.49. The van der Waals surface area contributed by atoms with Crippen LogP contribution in [0, 0.1) is 0 Å². The average molecular weight is 330 g/mol. The van der Waals surface area contributed by atoms with E-state index in [0.717, 1.165) is 12.3 Å². The van der Waals surface area contributed by atoms with Crippen molar-refractivity contribution in [1.29, 1.82) is 0 Å². The van der Waals surface area contributed by atoms with Crippen LogP contribution in [0.4, 0.5) is 0 Å². The van der Waals surface area contributed by atoms with Gasteiger partial charge in [-0.2, -0.15) is 0 Å². The first kappa shape index (κ1) is 15.9. The van der Waals surface area contributed by atoms with E-state index in [-0.39, 0.29) is 0 Å². The Morgan fingerprint density at radius 2 is 1.72 bits per heavy atom. The minimum atomic E-state index is 0.566. The van der Waals surface area contributed by atoms with Gasteiger partial charge in [-0.15, -0.1) is 0 Å². The molecule has 3 nitrogen and oxygen atoms in total. The molecule has 0 amide bonds. The van der Waals surface area contributed by atoms with Crippen molar-refractivity contribution in [2.24, 2.45) is 0 Å². The lowest BCUT2D eigenvalue weighted by atomic mass is 10.1. The first-order valence-corrected chi connectivity index (χ1v) is 8.77. The smallest absolute Gasteiger partial charge is 0.119 e. The molecule has 1 aliphatic carbocycles. The number of hydrogen-bond acceptors (Lipinski definition) is 3. The minimum absolute atomic E-state index is 0.566. The highest BCUT2D eigenvalue weighted by atomic mass is 16.5. The number of aromatic nitrogens is 1. The monoisotopic (exact) mass is 330 g/mol. The molecule has 2 aromatic carbocycles. The fraction of sp³-hybridized carbons (Fsp3) is 0.227. The van der Waals surface area contributed by atoms with Crippen molar-refractivity contribution >= 4 is 0 Å². The second-order valence-electron chi connectivity index (χ2n) is 6.53. The predicted octanol–water partition coefficient (Wildman–Crippen LogP) is 4.31. The lowest BCUT2D eigenvalue weighted by molar-refractivity contribution is 0.306. The molecule has 0 unspecified atom stereocenters. The number of pyridine rings is 1. The molecule has 0 bridgehead atoms. The average Bonchev–Trinajstić information content (AvgIpc) is 3.47. The summed E-state index contributed by atoms with van der Waals surface area (Å²) in [6, 6.07) is 23.4. The highest BCUT2D eigenvalue weighted by Crippen LogP contribution is 2.41. The zero-order chi connectivity index (χ0) is 16.9. The molecule has 1 saturated carbocycles. The Labute approximate surface area is 148 Å². The van der Waals surface area contributed by atoms with E-state index in [1.54, 1.807) is 0 Å². The molecule has 1 aliphatic rings. The fourth-order valence-corrected chi connectivity index (χ4v) is 3.09. The summed E-state index contributed by atoms with van der Waals surface area (Å²) in [4.78, 5) is 4.16. The van der Waals surface area contributed by atoms with E-state index in [0.29, 0.717) is 18.6 Å². The third kappa shape index (κ3) is 4.25. The normalized spacial score (nSPS) is 18.7. The van der Waals surface area contributed by atoms with Crippen LogP contribution < -0.4 is 10.1 Å². The molecule has 0 saturated heterocycles. The van der Waals surface area contributed by atoms with E-state index in [4.69, 9.17) is 4.74 Å². The molecular formula is C22H22N2O. The van der Waals surface area contributed by atoms with Crippen LogP contribution in [0.5, 0.6) is 5.75 Å². The van der Waals surface area contributed by atoms with Crippen molar-refractivity contribution in [2.75, 3.05) is 0 Å². The number of ether oxygens (including phenoxy) is 1. The van der Waals surface area contributed by atoms with Gasteiger partial charge in [-0.05, 0) is 41.3 Å². The highest BCUT2D eigenvalue weighted by Gasteiger charge is 2.37. The third-order valence-corrected chi connectivity index (χ3v) is 4.64. The lowest BCUT2D eigenvalue weighted by Gasteiger charge is -2.08. The molecule has 2 atom stereocenters. The standard InChI is InChI=1S/C22H22N2O/c1-2-5-17(6-3-1)16-25-20-10-8-19(9-11-20)21-13-22(21)24-15-18-7-4-12-23-14-18/h1-12,14,21-22,24H,13,15-16H2/t21-,22+/m0/s1. The Bertz CT molecular complexity index is 787. The van der Waals surface area contributed by atoms with Gasteiger partial charge in [-0.3, -0.25) is 4.98 Å². The van der Waals surface area contributed by atoms with Crippen LogP contribution in [0.3, 0.4) is 0 Å². The van der Waals surface area contributed by atoms with Gasteiger partial charge in [-0.25, -0.2) is 0 Å². The molecule has 126 valence electrons. The van der Waals surface area contributed by atoms with Crippen molar-refractivity contribution in [2.45, 2.75) is 31.5 Å². The molecule has 1 aromatic heterocycles. The number of nitrogens with one attached hydrogen (secondary N) is 1. The van der Waals surface area contributed by atoms with Gasteiger partial charge >= 0.3 is 0 Å². The Morgan fingerprint density at radius 1 is 0.920 bits per heavy atom. The Kier molecular flexibility index (Phi) is 4.75. The van der Waals surface area contributed by atoms with Crippen LogP contribution >= 0.6 is 0 Å². The third-order valence-electron chi connectivity index (χ3n) is 4.64. The topological polar surface area (TPSA) is 34.1 Å². The molecule has 0 spiro atoms. The zero-order valence-corrected chi connectivity index (χ0v) is 14.1. The minimum Gasteiger partial charge on any atom is -0.489 e. The van der Waals surface area contributed by atoms with Crippen LogP contribution in [0.25, 0.3) is 0 Å². The number of nitrogens with zero attached hydrogens (tertiary/aromatic N) is 1. The predicted molar refractivity (Wildman–Crippen MR) is 99.4 cm³/mol. The van der Waals surface area contributed by atoms with E-state index >= 15 is 0 Å². The van der Waals surface area contributed by atoms with Crippen molar-refractivity contribution in [3.05, 3.63) is 95.8 Å². The van der Waals surface area contributed by atoms with Crippen molar-refractivity contribution in [3.8, 4) is 5.75 Å². The quantitative estimate of drug-likeness (QED) is 0.701. The summed E-state index contributed by atoms with van der Waals surface area (Å²) in [5, 5.41) is 3.61. The number of rotatable bonds is 7. The second-order valence-corrected chi connectivity index (χ2v) is 6.53. The van der Waals surface area contributed by atoms with Crippen LogP contribution in [0.2, 0.25) is 0 Å². The largest absolute Gasteiger partial charge is 0.489 e. The van der Waals surface area contributed by atoms with E-state index in [9.17, 15) is 0 Å². The van der Waals surface area contributed by atoms with Crippen LogP contribution in [0.15, 0.2) is 79.1 Å². The van der Waals surface area contributed by atoms with Gasteiger partial charge in [0.25, 0.3) is 0 Å². The Morgan fingerprint density at radius 3 is 2.48 bits per heavy atom. The zero-order valence-electron chi connectivity index (χ0n) is 14.1. The lowest BCUT2D eigenvalue weighted by Crippen LogP contribution is -2.17. The van der Waals surface area contributed by atoms with Gasteiger partial charge in [0, 0.05) is 30.9 Å². The van der Waals surface area contributed by atoms with Crippen LogP contribution in [-0.2, 0) is 13.2 Å². The Hall–Kier alpha value is -2.65. The molecule has 1 heterocycles. The SMILES string of the molecule is c1ccc(COc2ccc([C@@H]3C[C@H]3NCc3cccnc3)cc2)cc1. The van der Waals surface area contributed by atoms with E-state index in [1.165, 1.54) is 23.1 Å².